The lowest BCUT2D eigenvalue weighted by Crippen LogP contribution is -2.53. The Hall–Kier alpha value is -3.42. The van der Waals surface area contributed by atoms with Gasteiger partial charge >= 0.3 is 0 Å². The zero-order valence-electron chi connectivity index (χ0n) is 20.4. The molecule has 2 aliphatic rings. The summed E-state index contributed by atoms with van der Waals surface area (Å²) >= 11 is 0. The van der Waals surface area contributed by atoms with E-state index < -0.39 is 5.41 Å². The summed E-state index contributed by atoms with van der Waals surface area (Å²) < 4.78 is 0. The number of hydrazine groups is 1. The summed E-state index contributed by atoms with van der Waals surface area (Å²) in [4.78, 5) is 42.5. The Bertz CT molecular complexity index is 1090. The fourth-order valence-corrected chi connectivity index (χ4v) is 4.96. The summed E-state index contributed by atoms with van der Waals surface area (Å²) in [6.45, 7) is 7.31. The summed E-state index contributed by atoms with van der Waals surface area (Å²) in [5.41, 5.74) is 4.33. The normalized spacial score (nSPS) is 20.5. The Morgan fingerprint density at radius 3 is 2.77 bits per heavy atom. The number of rotatable bonds is 8. The molecule has 2 aromatic heterocycles. The third kappa shape index (κ3) is 5.99. The van der Waals surface area contributed by atoms with E-state index >= 15 is 0 Å². The van der Waals surface area contributed by atoms with Gasteiger partial charge in [0.05, 0.1) is 24.2 Å². The Kier molecular flexibility index (Phi) is 7.68. The molecule has 1 unspecified atom stereocenters. The van der Waals surface area contributed by atoms with Crippen molar-refractivity contribution in [2.75, 3.05) is 26.2 Å². The van der Waals surface area contributed by atoms with Crippen LogP contribution in [0.1, 0.15) is 50.2 Å². The van der Waals surface area contributed by atoms with Gasteiger partial charge in [-0.1, -0.05) is 0 Å². The van der Waals surface area contributed by atoms with Gasteiger partial charge in [0, 0.05) is 44.3 Å². The number of amides is 2. The molecule has 0 radical (unpaired) electrons. The number of hydrogen-bond acceptors (Lipinski definition) is 8. The van der Waals surface area contributed by atoms with Gasteiger partial charge in [-0.25, -0.2) is 15.0 Å². The number of likely N-dealkylation sites (tertiary alicyclic amines) is 2. The Balaban J connectivity index is 1.34. The van der Waals surface area contributed by atoms with Gasteiger partial charge in [0.2, 0.25) is 17.6 Å². The molecule has 4 heterocycles. The zero-order chi connectivity index (χ0) is 24.8. The maximum absolute atomic E-state index is 13.4. The van der Waals surface area contributed by atoms with E-state index in [0.29, 0.717) is 25.3 Å². The molecule has 2 aromatic rings. The predicted octanol–water partition coefficient (Wildman–Crippen LogP) is 1.50. The SMILES string of the molecule is CC(C)N(Cc1ccnc(C#N)n1)NC(=O)CN1CCCC2(CCN(Cc3ccncc3)C2=O)C1. The van der Waals surface area contributed by atoms with E-state index in [4.69, 9.17) is 5.26 Å². The number of pyridine rings is 1. The highest BCUT2D eigenvalue weighted by Gasteiger charge is 2.48. The molecular weight excluding hydrogens is 444 g/mol. The van der Waals surface area contributed by atoms with Crippen molar-refractivity contribution in [2.24, 2.45) is 5.41 Å². The summed E-state index contributed by atoms with van der Waals surface area (Å²) in [5.74, 6) is 0.181. The van der Waals surface area contributed by atoms with Crippen molar-refractivity contribution in [3.8, 4) is 6.07 Å². The molecule has 2 saturated heterocycles. The molecule has 35 heavy (non-hydrogen) atoms. The van der Waals surface area contributed by atoms with E-state index in [1.54, 1.807) is 24.7 Å². The third-order valence-corrected chi connectivity index (χ3v) is 6.78. The number of nitrogens with zero attached hydrogens (tertiary/aromatic N) is 7. The minimum absolute atomic E-state index is 0.0327. The first-order valence-electron chi connectivity index (χ1n) is 12.1. The summed E-state index contributed by atoms with van der Waals surface area (Å²) in [7, 11) is 0. The molecule has 0 aliphatic carbocycles. The van der Waals surface area contributed by atoms with Crippen molar-refractivity contribution < 1.29 is 9.59 Å². The first-order valence-corrected chi connectivity index (χ1v) is 12.1. The van der Waals surface area contributed by atoms with Crippen LogP contribution in [0, 0.1) is 16.7 Å². The summed E-state index contributed by atoms with van der Waals surface area (Å²) in [6, 6.07) is 7.60. The number of carbonyl (C=O) groups is 2. The van der Waals surface area contributed by atoms with E-state index in [2.05, 4.69) is 25.3 Å². The monoisotopic (exact) mass is 476 g/mol. The van der Waals surface area contributed by atoms with E-state index in [1.165, 1.54) is 0 Å². The second kappa shape index (κ2) is 10.9. The summed E-state index contributed by atoms with van der Waals surface area (Å²) in [5, 5.41) is 10.8. The Labute approximate surface area is 205 Å². The number of piperidine rings is 1. The van der Waals surface area contributed by atoms with Crippen molar-refractivity contribution >= 4 is 11.8 Å². The molecule has 2 fully saturated rings. The number of aromatic nitrogens is 3. The molecule has 4 rings (SSSR count). The van der Waals surface area contributed by atoms with Crippen LogP contribution in [0.2, 0.25) is 0 Å². The largest absolute Gasteiger partial charge is 0.338 e. The highest BCUT2D eigenvalue weighted by atomic mass is 16.2. The van der Waals surface area contributed by atoms with E-state index in [9.17, 15) is 9.59 Å². The van der Waals surface area contributed by atoms with Crippen LogP contribution >= 0.6 is 0 Å². The van der Waals surface area contributed by atoms with Crippen molar-refractivity contribution in [2.45, 2.75) is 52.2 Å². The number of carbonyl (C=O) groups excluding carboxylic acids is 2. The Morgan fingerprint density at radius 1 is 1.23 bits per heavy atom. The average molecular weight is 477 g/mol. The van der Waals surface area contributed by atoms with Gasteiger partial charge in [-0.15, -0.1) is 0 Å². The molecule has 10 nitrogen and oxygen atoms in total. The van der Waals surface area contributed by atoms with Gasteiger partial charge in [0.25, 0.3) is 0 Å². The lowest BCUT2D eigenvalue weighted by atomic mass is 9.78. The minimum atomic E-state index is -0.405. The smallest absolute Gasteiger partial charge is 0.248 e. The van der Waals surface area contributed by atoms with Crippen LogP contribution in [-0.2, 0) is 22.7 Å². The second-order valence-corrected chi connectivity index (χ2v) is 9.67. The molecular formula is C25H32N8O2. The first kappa shape index (κ1) is 24.7. The maximum Gasteiger partial charge on any atom is 0.248 e. The van der Waals surface area contributed by atoms with Crippen LogP contribution in [0.15, 0.2) is 36.8 Å². The topological polar surface area (TPSA) is 118 Å². The van der Waals surface area contributed by atoms with Crippen LogP contribution in [0.5, 0.6) is 0 Å². The van der Waals surface area contributed by atoms with Crippen LogP contribution < -0.4 is 5.43 Å². The molecule has 0 bridgehead atoms. The van der Waals surface area contributed by atoms with Crippen molar-refractivity contribution in [1.82, 2.24) is 35.2 Å². The maximum atomic E-state index is 13.4. The molecule has 1 spiro atoms. The van der Waals surface area contributed by atoms with Crippen molar-refractivity contribution in [3.05, 3.63) is 53.9 Å². The molecule has 1 atom stereocenters. The van der Waals surface area contributed by atoms with Gasteiger partial charge in [-0.3, -0.25) is 24.9 Å². The quantitative estimate of drug-likeness (QED) is 0.570. The average Bonchev–Trinajstić information content (AvgIpc) is 3.13. The number of hydrogen-bond donors (Lipinski definition) is 1. The lowest BCUT2D eigenvalue weighted by molar-refractivity contribution is -0.141. The molecule has 2 amide bonds. The van der Waals surface area contributed by atoms with Gasteiger partial charge in [-0.05, 0) is 63.4 Å². The van der Waals surface area contributed by atoms with Crippen LogP contribution in [-0.4, -0.2) is 73.8 Å². The molecule has 184 valence electrons. The first-order chi connectivity index (χ1) is 16.9. The van der Waals surface area contributed by atoms with Crippen LogP contribution in [0.4, 0.5) is 0 Å². The fraction of sp³-hybridized carbons (Fsp3) is 0.520. The molecule has 10 heteroatoms. The van der Waals surface area contributed by atoms with Gasteiger partial charge in [0.15, 0.2) is 0 Å². The van der Waals surface area contributed by atoms with E-state index in [0.717, 1.165) is 37.9 Å². The van der Waals surface area contributed by atoms with Crippen LogP contribution in [0.3, 0.4) is 0 Å². The standard InChI is InChI=1S/C25H32N8O2/c1-19(2)33(16-21-6-11-28-22(14-26)29-21)30-23(34)17-31-12-3-7-25(18-31)8-13-32(24(25)35)15-20-4-9-27-10-5-20/h4-6,9-11,19H,3,7-8,12-13,15-18H2,1-2H3,(H,30,34). The van der Waals surface area contributed by atoms with Crippen molar-refractivity contribution in [3.63, 3.8) is 0 Å². The molecule has 1 N–H and O–H groups in total. The van der Waals surface area contributed by atoms with Gasteiger partial charge in [-0.2, -0.15) is 5.26 Å². The fourth-order valence-electron chi connectivity index (χ4n) is 4.96. The molecule has 0 aromatic carbocycles. The minimum Gasteiger partial charge on any atom is -0.338 e. The van der Waals surface area contributed by atoms with E-state index in [-0.39, 0.29) is 30.2 Å². The second-order valence-electron chi connectivity index (χ2n) is 9.67. The third-order valence-electron chi connectivity index (χ3n) is 6.78. The van der Waals surface area contributed by atoms with Crippen LogP contribution in [0.25, 0.3) is 0 Å². The summed E-state index contributed by atoms with van der Waals surface area (Å²) in [6.07, 6.45) is 7.63. The molecule has 2 aliphatic heterocycles. The zero-order valence-corrected chi connectivity index (χ0v) is 20.4. The van der Waals surface area contributed by atoms with E-state index in [1.807, 2.05) is 42.0 Å². The highest BCUT2D eigenvalue weighted by Crippen LogP contribution is 2.40. The Morgan fingerprint density at radius 2 is 2.03 bits per heavy atom. The number of nitrogens with one attached hydrogen (secondary N) is 1. The van der Waals surface area contributed by atoms with Gasteiger partial charge in [0.1, 0.15) is 6.07 Å². The lowest BCUT2D eigenvalue weighted by Gasteiger charge is -2.39. The number of nitriles is 1. The van der Waals surface area contributed by atoms with Crippen molar-refractivity contribution in [1.29, 1.82) is 5.26 Å². The van der Waals surface area contributed by atoms with Gasteiger partial charge < -0.3 is 4.90 Å². The molecule has 0 saturated carbocycles. The predicted molar refractivity (Wildman–Crippen MR) is 128 cm³/mol. The highest BCUT2D eigenvalue weighted by molar-refractivity contribution is 5.85.